The molecule has 1 atom stereocenters. The second kappa shape index (κ2) is 11.4. The van der Waals surface area contributed by atoms with Gasteiger partial charge in [0.2, 0.25) is 0 Å². The maximum Gasteiger partial charge on any atom is 0.308 e. The lowest BCUT2D eigenvalue weighted by Crippen LogP contribution is -2.38. The number of hydrogen-bond acceptors (Lipinski definition) is 7. The zero-order valence-electron chi connectivity index (χ0n) is 21.8. The van der Waals surface area contributed by atoms with Gasteiger partial charge >= 0.3 is 5.97 Å². The van der Waals surface area contributed by atoms with E-state index < -0.39 is 23.7 Å². The van der Waals surface area contributed by atoms with Crippen molar-refractivity contribution in [3.05, 3.63) is 64.2 Å². The lowest BCUT2D eigenvalue weighted by atomic mass is 9.93. The third kappa shape index (κ3) is 5.44. The molecule has 192 valence electrons. The quantitative estimate of drug-likeness (QED) is 0.185. The summed E-state index contributed by atoms with van der Waals surface area (Å²) in [7, 11) is 1.50. The van der Waals surface area contributed by atoms with E-state index in [1.807, 2.05) is 33.8 Å². The Morgan fingerprint density at radius 3 is 2.28 bits per heavy atom. The van der Waals surface area contributed by atoms with Crippen LogP contribution in [0.4, 0.5) is 0 Å². The first kappa shape index (κ1) is 26.9. The Kier molecular flexibility index (Phi) is 8.53. The summed E-state index contributed by atoms with van der Waals surface area (Å²) < 4.78 is 10.7. The number of benzene rings is 2. The van der Waals surface area contributed by atoms with E-state index in [1.54, 1.807) is 30.3 Å². The number of aliphatic hydroxyl groups is 1. The van der Waals surface area contributed by atoms with Gasteiger partial charge in [0.15, 0.2) is 0 Å². The number of esters is 1. The van der Waals surface area contributed by atoms with Crippen LogP contribution in [-0.2, 0) is 14.4 Å². The summed E-state index contributed by atoms with van der Waals surface area (Å²) in [6.45, 7) is 11.6. The van der Waals surface area contributed by atoms with Gasteiger partial charge in [0.05, 0.1) is 24.3 Å². The van der Waals surface area contributed by atoms with Gasteiger partial charge in [0.25, 0.3) is 11.7 Å². The van der Waals surface area contributed by atoms with Crippen molar-refractivity contribution in [1.29, 1.82) is 0 Å². The van der Waals surface area contributed by atoms with Crippen LogP contribution in [0.2, 0.25) is 0 Å². The van der Waals surface area contributed by atoms with Crippen molar-refractivity contribution in [2.75, 3.05) is 33.3 Å². The Labute approximate surface area is 212 Å². The first-order valence-electron chi connectivity index (χ1n) is 12.1. The average Bonchev–Trinajstić information content (AvgIpc) is 3.09. The van der Waals surface area contributed by atoms with Gasteiger partial charge in [-0.2, -0.15) is 0 Å². The second-order valence-electron chi connectivity index (χ2n) is 8.84. The molecular formula is C28H34N2O6. The molecule has 3 rings (SSSR count). The number of ketones is 1. The van der Waals surface area contributed by atoms with Gasteiger partial charge in [-0.15, -0.1) is 0 Å². The number of ether oxygens (including phenoxy) is 2. The minimum atomic E-state index is -0.808. The summed E-state index contributed by atoms with van der Waals surface area (Å²) in [5.74, 6) is -1.35. The minimum Gasteiger partial charge on any atom is -0.507 e. The highest BCUT2D eigenvalue weighted by Gasteiger charge is 2.46. The van der Waals surface area contributed by atoms with E-state index in [1.165, 1.54) is 18.9 Å². The lowest BCUT2D eigenvalue weighted by molar-refractivity contribution is -0.140. The third-order valence-corrected chi connectivity index (χ3v) is 6.43. The van der Waals surface area contributed by atoms with E-state index in [-0.39, 0.29) is 11.3 Å². The van der Waals surface area contributed by atoms with Crippen molar-refractivity contribution >= 4 is 23.4 Å². The normalized spacial score (nSPS) is 17.1. The summed E-state index contributed by atoms with van der Waals surface area (Å²) in [4.78, 5) is 41.6. The number of nitrogens with zero attached hydrogens (tertiary/aromatic N) is 2. The molecule has 2 aromatic carbocycles. The number of aryl methyl sites for hydroxylation is 2. The molecule has 0 aliphatic carbocycles. The van der Waals surface area contributed by atoms with E-state index in [2.05, 4.69) is 4.90 Å². The number of rotatable bonds is 9. The molecule has 1 aliphatic rings. The predicted molar refractivity (Wildman–Crippen MR) is 137 cm³/mol. The average molecular weight is 495 g/mol. The largest absolute Gasteiger partial charge is 0.507 e. The van der Waals surface area contributed by atoms with Gasteiger partial charge in [-0.05, 0) is 61.8 Å². The smallest absolute Gasteiger partial charge is 0.308 e. The van der Waals surface area contributed by atoms with Crippen LogP contribution in [0.3, 0.4) is 0 Å². The molecule has 1 saturated heterocycles. The molecule has 36 heavy (non-hydrogen) atoms. The third-order valence-electron chi connectivity index (χ3n) is 6.43. The molecule has 8 heteroatoms. The summed E-state index contributed by atoms with van der Waals surface area (Å²) in [6.07, 6.45) is 0. The van der Waals surface area contributed by atoms with Gasteiger partial charge in [0.1, 0.15) is 17.3 Å². The number of likely N-dealkylation sites (N-methyl/N-ethyl adjacent to an activating group) is 1. The maximum absolute atomic E-state index is 13.3. The number of aliphatic hydroxyl groups excluding tert-OH is 1. The van der Waals surface area contributed by atoms with Gasteiger partial charge in [-0.25, -0.2) is 0 Å². The fourth-order valence-electron chi connectivity index (χ4n) is 4.68. The van der Waals surface area contributed by atoms with Crippen molar-refractivity contribution in [2.45, 2.75) is 40.7 Å². The van der Waals surface area contributed by atoms with E-state index in [9.17, 15) is 19.5 Å². The van der Waals surface area contributed by atoms with Crippen LogP contribution in [0.5, 0.6) is 11.5 Å². The fourth-order valence-corrected chi connectivity index (χ4v) is 4.68. The Hall–Kier alpha value is -3.65. The Morgan fingerprint density at radius 1 is 1.08 bits per heavy atom. The van der Waals surface area contributed by atoms with Crippen molar-refractivity contribution in [2.24, 2.45) is 0 Å². The number of amides is 1. The fraction of sp³-hybridized carbons (Fsp3) is 0.393. The number of carbonyl (C=O) groups excluding carboxylic acids is 3. The molecule has 8 nitrogen and oxygen atoms in total. The molecule has 2 aromatic rings. The van der Waals surface area contributed by atoms with Gasteiger partial charge < -0.3 is 24.4 Å². The molecular weight excluding hydrogens is 460 g/mol. The number of hydrogen-bond donors (Lipinski definition) is 1. The summed E-state index contributed by atoms with van der Waals surface area (Å²) >= 11 is 0. The van der Waals surface area contributed by atoms with Crippen molar-refractivity contribution < 1.29 is 29.0 Å². The monoisotopic (exact) mass is 494 g/mol. The number of likely N-dealkylation sites (tertiary alicyclic amines) is 1. The first-order valence-corrected chi connectivity index (χ1v) is 12.1. The molecule has 0 saturated carbocycles. The summed E-state index contributed by atoms with van der Waals surface area (Å²) in [6, 6.07) is 9.47. The van der Waals surface area contributed by atoms with Crippen LogP contribution in [0.25, 0.3) is 5.76 Å². The number of methoxy groups -OCH3 is 1. The van der Waals surface area contributed by atoms with Crippen LogP contribution in [0.15, 0.2) is 42.0 Å². The van der Waals surface area contributed by atoms with Crippen LogP contribution in [0.1, 0.15) is 49.1 Å². The first-order chi connectivity index (χ1) is 17.1. The van der Waals surface area contributed by atoms with Crippen molar-refractivity contribution in [3.8, 4) is 11.5 Å². The van der Waals surface area contributed by atoms with Gasteiger partial charge in [-0.1, -0.05) is 32.0 Å². The van der Waals surface area contributed by atoms with E-state index in [0.29, 0.717) is 35.7 Å². The zero-order chi connectivity index (χ0) is 26.6. The van der Waals surface area contributed by atoms with E-state index >= 15 is 0 Å². The standard InChI is InChI=1S/C28H34N2O6/c1-7-29(8-2)13-14-30-24(20-9-11-21(12-10-20)36-19(5)31)23(26(33)28(30)34)25(32)22-16-17(3)15-18(4)27(22)35-6/h9-12,15-16,24,32H,7-8,13-14H2,1-6H3/b25-23+. The van der Waals surface area contributed by atoms with Crippen LogP contribution in [-0.4, -0.2) is 65.9 Å². The summed E-state index contributed by atoms with van der Waals surface area (Å²) in [5.41, 5.74) is 2.67. The molecule has 1 aliphatic heterocycles. The van der Waals surface area contributed by atoms with Gasteiger partial charge in [-0.3, -0.25) is 14.4 Å². The number of Topliss-reactive ketones (excluding diaryl/α,β-unsaturated/α-hetero) is 1. The molecule has 0 aromatic heterocycles. The van der Waals surface area contributed by atoms with Crippen LogP contribution >= 0.6 is 0 Å². The maximum atomic E-state index is 13.3. The predicted octanol–water partition coefficient (Wildman–Crippen LogP) is 4.00. The summed E-state index contributed by atoms with van der Waals surface area (Å²) in [5, 5.41) is 11.5. The van der Waals surface area contributed by atoms with E-state index in [4.69, 9.17) is 9.47 Å². The molecule has 1 fully saturated rings. The molecule has 0 spiro atoms. The van der Waals surface area contributed by atoms with Crippen LogP contribution < -0.4 is 9.47 Å². The molecule has 0 bridgehead atoms. The second-order valence-corrected chi connectivity index (χ2v) is 8.84. The highest BCUT2D eigenvalue weighted by Crippen LogP contribution is 2.42. The SMILES string of the molecule is CCN(CC)CCN1C(=O)C(=O)/C(=C(/O)c2cc(C)cc(C)c2OC)C1c1ccc(OC(C)=O)cc1. The molecule has 1 unspecified atom stereocenters. The van der Waals surface area contributed by atoms with Crippen LogP contribution in [0, 0.1) is 13.8 Å². The molecule has 1 N–H and O–H groups in total. The van der Waals surface area contributed by atoms with Crippen molar-refractivity contribution in [3.63, 3.8) is 0 Å². The highest BCUT2D eigenvalue weighted by atomic mass is 16.5. The highest BCUT2D eigenvalue weighted by molar-refractivity contribution is 6.46. The zero-order valence-corrected chi connectivity index (χ0v) is 21.8. The topological polar surface area (TPSA) is 96.4 Å². The molecule has 0 radical (unpaired) electrons. The Morgan fingerprint density at radius 2 is 1.72 bits per heavy atom. The molecule has 1 heterocycles. The number of carbonyl (C=O) groups is 3. The Balaban J connectivity index is 2.17. The minimum absolute atomic E-state index is 0.00285. The lowest BCUT2D eigenvalue weighted by Gasteiger charge is -2.28. The van der Waals surface area contributed by atoms with Gasteiger partial charge in [0, 0.05) is 20.0 Å². The Bertz CT molecular complexity index is 1180. The van der Waals surface area contributed by atoms with E-state index in [0.717, 1.165) is 24.2 Å². The van der Waals surface area contributed by atoms with Crippen molar-refractivity contribution in [1.82, 2.24) is 9.80 Å². The molecule has 1 amide bonds.